The van der Waals surface area contributed by atoms with Gasteiger partial charge in [-0.25, -0.2) is 0 Å². The fourth-order valence-electron chi connectivity index (χ4n) is 5.28. The van der Waals surface area contributed by atoms with Crippen molar-refractivity contribution in [2.24, 2.45) is 0 Å². The lowest BCUT2D eigenvalue weighted by molar-refractivity contribution is 0.130. The van der Waals surface area contributed by atoms with Crippen molar-refractivity contribution in [1.29, 1.82) is 0 Å². The van der Waals surface area contributed by atoms with E-state index in [9.17, 15) is 0 Å². The van der Waals surface area contributed by atoms with Gasteiger partial charge in [0.2, 0.25) is 0 Å². The quantitative estimate of drug-likeness (QED) is 0.267. The van der Waals surface area contributed by atoms with E-state index in [1.807, 2.05) is 0 Å². The highest BCUT2D eigenvalue weighted by Crippen LogP contribution is 2.56. The molecule has 0 atom stereocenters. The van der Waals surface area contributed by atoms with E-state index in [-0.39, 0.29) is 11.2 Å². The smallest absolute Gasteiger partial charge is 0.120 e. The first kappa shape index (κ1) is 23.2. The molecular weight excluding hydrogens is 428 g/mol. The number of hydrogen-bond donors (Lipinski definition) is 0. The predicted octanol–water partition coefficient (Wildman–Crippen LogP) is 8.40. The molecule has 0 saturated carbocycles. The summed E-state index contributed by atoms with van der Waals surface area (Å²) in [5.41, 5.74) is 6.71. The van der Waals surface area contributed by atoms with Crippen LogP contribution in [0.25, 0.3) is 11.1 Å². The van der Waals surface area contributed by atoms with Gasteiger partial charge in [0.1, 0.15) is 22.7 Å². The topological polar surface area (TPSA) is 18.5 Å². The summed E-state index contributed by atoms with van der Waals surface area (Å²) in [7, 11) is 0. The third-order valence-corrected chi connectivity index (χ3v) is 6.38. The minimum absolute atomic E-state index is 0.241. The summed E-state index contributed by atoms with van der Waals surface area (Å²) in [6.07, 6.45) is 0. The van der Waals surface area contributed by atoms with Crippen molar-refractivity contribution in [1.82, 2.24) is 0 Å². The highest BCUT2D eigenvalue weighted by atomic mass is 16.5. The molecule has 2 heteroatoms. The summed E-state index contributed by atoms with van der Waals surface area (Å²) in [4.78, 5) is 0. The Labute approximate surface area is 209 Å². The van der Waals surface area contributed by atoms with Crippen LogP contribution < -0.4 is 9.47 Å². The van der Waals surface area contributed by atoms with Crippen LogP contribution in [0.1, 0.15) is 63.8 Å². The summed E-state index contributed by atoms with van der Waals surface area (Å²) in [6.45, 7) is 12.5. The molecule has 0 heterocycles. The lowest BCUT2D eigenvalue weighted by atomic mass is 9.68. The van der Waals surface area contributed by atoms with Gasteiger partial charge in [0, 0.05) is 0 Å². The Bertz CT molecular complexity index is 1230. The van der Waals surface area contributed by atoms with Crippen LogP contribution >= 0.6 is 0 Å². The van der Waals surface area contributed by atoms with Crippen LogP contribution in [0.3, 0.4) is 0 Å². The Kier molecular flexibility index (Phi) is 5.51. The second kappa shape index (κ2) is 8.30. The van der Waals surface area contributed by atoms with Crippen LogP contribution in [-0.2, 0) is 5.41 Å². The van der Waals surface area contributed by atoms with E-state index in [0.29, 0.717) is 0 Å². The molecule has 0 unspecified atom stereocenters. The first-order valence-electron chi connectivity index (χ1n) is 12.4. The zero-order chi connectivity index (χ0) is 24.8. The van der Waals surface area contributed by atoms with Crippen molar-refractivity contribution in [3.05, 3.63) is 119 Å². The van der Waals surface area contributed by atoms with Crippen molar-refractivity contribution in [2.75, 3.05) is 0 Å². The second-order valence-electron chi connectivity index (χ2n) is 11.3. The van der Waals surface area contributed by atoms with E-state index >= 15 is 0 Å². The highest BCUT2D eigenvalue weighted by Gasteiger charge is 2.45. The molecule has 4 aromatic rings. The van der Waals surface area contributed by atoms with Crippen LogP contribution in [0, 0.1) is 0 Å². The van der Waals surface area contributed by atoms with E-state index in [1.165, 1.54) is 33.4 Å². The summed E-state index contributed by atoms with van der Waals surface area (Å²) in [5.74, 6) is 1.76. The van der Waals surface area contributed by atoms with Crippen LogP contribution in [-0.4, -0.2) is 11.2 Å². The van der Waals surface area contributed by atoms with E-state index in [2.05, 4.69) is 139 Å². The molecule has 0 bridgehead atoms. The average Bonchev–Trinajstić information content (AvgIpc) is 3.10. The van der Waals surface area contributed by atoms with Crippen molar-refractivity contribution in [3.8, 4) is 22.6 Å². The Morgan fingerprint density at radius 3 is 1.14 bits per heavy atom. The van der Waals surface area contributed by atoms with Gasteiger partial charge in [-0.15, -0.1) is 0 Å². The van der Waals surface area contributed by atoms with Gasteiger partial charge < -0.3 is 9.47 Å². The summed E-state index contributed by atoms with van der Waals surface area (Å²) >= 11 is 0. The van der Waals surface area contributed by atoms with Gasteiger partial charge >= 0.3 is 0 Å². The van der Waals surface area contributed by atoms with E-state index in [0.717, 1.165) is 11.5 Å². The zero-order valence-corrected chi connectivity index (χ0v) is 21.6. The fourth-order valence-corrected chi connectivity index (χ4v) is 5.28. The van der Waals surface area contributed by atoms with Gasteiger partial charge in [0.15, 0.2) is 0 Å². The Balaban J connectivity index is 1.73. The van der Waals surface area contributed by atoms with Crippen molar-refractivity contribution in [2.45, 2.75) is 58.2 Å². The molecule has 1 aliphatic rings. The largest absolute Gasteiger partial charge is 0.488 e. The number of hydrogen-bond acceptors (Lipinski definition) is 2. The third-order valence-electron chi connectivity index (χ3n) is 6.38. The molecule has 0 radical (unpaired) electrons. The first-order valence-corrected chi connectivity index (χ1v) is 12.4. The SMILES string of the molecule is CC(C)(C)Oc1ccc(C2(c3ccc(OC(C)(C)C)cc3)c3ccccc3-c3ccccc32)cc1. The fraction of sp³-hybridized carbons (Fsp3) is 0.273. The number of ether oxygens (including phenoxy) is 2. The standard InChI is InChI=1S/C33H34O2/c1-31(2,3)34-25-19-15-23(16-20-25)33(24-17-21-26(22-18-24)35-32(4,5)6)29-13-9-7-11-27(29)28-12-8-10-14-30(28)33/h7-22H,1-6H3. The lowest BCUT2D eigenvalue weighted by Crippen LogP contribution is -2.29. The molecule has 0 spiro atoms. The molecule has 35 heavy (non-hydrogen) atoms. The summed E-state index contributed by atoms with van der Waals surface area (Å²) < 4.78 is 12.3. The predicted molar refractivity (Wildman–Crippen MR) is 145 cm³/mol. The monoisotopic (exact) mass is 462 g/mol. The van der Waals surface area contributed by atoms with Crippen LogP contribution in [0.5, 0.6) is 11.5 Å². The Morgan fingerprint density at radius 2 is 0.800 bits per heavy atom. The molecule has 178 valence electrons. The summed E-state index contributed by atoms with van der Waals surface area (Å²) in [6, 6.07) is 34.9. The van der Waals surface area contributed by atoms with Crippen molar-refractivity contribution >= 4 is 0 Å². The molecule has 0 aromatic heterocycles. The zero-order valence-electron chi connectivity index (χ0n) is 21.6. The van der Waals surface area contributed by atoms with Gasteiger partial charge in [-0.3, -0.25) is 0 Å². The highest BCUT2D eigenvalue weighted by molar-refractivity contribution is 5.86. The Morgan fingerprint density at radius 1 is 0.457 bits per heavy atom. The number of benzene rings is 4. The maximum Gasteiger partial charge on any atom is 0.120 e. The van der Waals surface area contributed by atoms with Crippen molar-refractivity contribution in [3.63, 3.8) is 0 Å². The van der Waals surface area contributed by atoms with Crippen LogP contribution in [0.15, 0.2) is 97.1 Å². The minimum atomic E-state index is -0.423. The first-order chi connectivity index (χ1) is 16.6. The Hall–Kier alpha value is -3.52. The van der Waals surface area contributed by atoms with Crippen LogP contribution in [0.2, 0.25) is 0 Å². The molecule has 0 aliphatic heterocycles. The van der Waals surface area contributed by atoms with E-state index in [1.54, 1.807) is 0 Å². The number of rotatable bonds is 4. The van der Waals surface area contributed by atoms with Gasteiger partial charge in [-0.1, -0.05) is 72.8 Å². The minimum Gasteiger partial charge on any atom is -0.488 e. The maximum absolute atomic E-state index is 6.14. The van der Waals surface area contributed by atoms with Gasteiger partial charge in [-0.05, 0) is 99.2 Å². The average molecular weight is 463 g/mol. The van der Waals surface area contributed by atoms with Gasteiger partial charge in [-0.2, -0.15) is 0 Å². The third kappa shape index (κ3) is 4.23. The number of fused-ring (bicyclic) bond motifs is 3. The van der Waals surface area contributed by atoms with E-state index < -0.39 is 5.41 Å². The molecule has 4 aromatic carbocycles. The van der Waals surface area contributed by atoms with Crippen LogP contribution in [0.4, 0.5) is 0 Å². The molecule has 0 fully saturated rings. The molecular formula is C33H34O2. The van der Waals surface area contributed by atoms with Gasteiger partial charge in [0.05, 0.1) is 5.41 Å². The molecule has 2 nitrogen and oxygen atoms in total. The van der Waals surface area contributed by atoms with E-state index in [4.69, 9.17) is 9.47 Å². The van der Waals surface area contributed by atoms with Gasteiger partial charge in [0.25, 0.3) is 0 Å². The molecule has 0 saturated heterocycles. The molecule has 0 amide bonds. The second-order valence-corrected chi connectivity index (χ2v) is 11.3. The normalized spacial score (nSPS) is 14.2. The van der Waals surface area contributed by atoms with Crippen molar-refractivity contribution < 1.29 is 9.47 Å². The molecule has 1 aliphatic carbocycles. The summed E-state index contributed by atoms with van der Waals surface area (Å²) in [5, 5.41) is 0. The molecule has 5 rings (SSSR count). The maximum atomic E-state index is 6.14. The lowest BCUT2D eigenvalue weighted by Gasteiger charge is -2.34. The molecule has 0 N–H and O–H groups in total.